The molecule has 2 heterocycles. The lowest BCUT2D eigenvalue weighted by molar-refractivity contribution is -0.916. The van der Waals surface area contributed by atoms with E-state index in [0.29, 0.717) is 29.9 Å². The van der Waals surface area contributed by atoms with Gasteiger partial charge in [-0.25, -0.2) is 8.42 Å². The Kier molecular flexibility index (Phi) is 4.57. The summed E-state index contributed by atoms with van der Waals surface area (Å²) in [5.74, 6) is 0.474. The Hall–Kier alpha value is -0.910. The SMILES string of the molecule is CC[C@H](C)c1ccc(S(=O)(=O)N2CC[NH+]3CCC[C@@H]3C2)cc1. The van der Waals surface area contributed by atoms with Crippen LogP contribution in [0.15, 0.2) is 29.2 Å². The monoisotopic (exact) mass is 323 g/mol. The molecule has 5 heteroatoms. The lowest BCUT2D eigenvalue weighted by Crippen LogP contribution is -3.16. The van der Waals surface area contributed by atoms with Gasteiger partial charge in [0, 0.05) is 12.8 Å². The van der Waals surface area contributed by atoms with Gasteiger partial charge in [-0.2, -0.15) is 4.31 Å². The molecule has 0 bridgehead atoms. The van der Waals surface area contributed by atoms with E-state index >= 15 is 0 Å². The van der Waals surface area contributed by atoms with Crippen molar-refractivity contribution in [2.45, 2.75) is 50.0 Å². The Morgan fingerprint density at radius 1 is 1.27 bits per heavy atom. The number of hydrogen-bond acceptors (Lipinski definition) is 2. The van der Waals surface area contributed by atoms with Gasteiger partial charge in [-0.1, -0.05) is 26.0 Å². The third kappa shape index (κ3) is 2.94. The second-order valence-corrected chi connectivity index (χ2v) is 8.68. The molecule has 2 aliphatic heterocycles. The van der Waals surface area contributed by atoms with E-state index in [-0.39, 0.29) is 0 Å². The summed E-state index contributed by atoms with van der Waals surface area (Å²) in [6.07, 6.45) is 3.46. The average molecular weight is 323 g/mol. The highest BCUT2D eigenvalue weighted by Gasteiger charge is 2.39. The van der Waals surface area contributed by atoms with Gasteiger partial charge in [-0.15, -0.1) is 0 Å². The van der Waals surface area contributed by atoms with Crippen molar-refractivity contribution in [1.29, 1.82) is 0 Å². The fraction of sp³-hybridized carbons (Fsp3) is 0.647. The van der Waals surface area contributed by atoms with Gasteiger partial charge in [-0.05, 0) is 30.0 Å². The van der Waals surface area contributed by atoms with Crippen LogP contribution in [0.5, 0.6) is 0 Å². The van der Waals surface area contributed by atoms with Crippen molar-refractivity contribution < 1.29 is 13.3 Å². The van der Waals surface area contributed by atoms with Crippen molar-refractivity contribution in [3.8, 4) is 0 Å². The normalized spacial score (nSPS) is 27.5. The molecular weight excluding hydrogens is 296 g/mol. The van der Waals surface area contributed by atoms with Crippen LogP contribution in [-0.4, -0.2) is 44.9 Å². The first-order valence-corrected chi connectivity index (χ1v) is 9.91. The van der Waals surface area contributed by atoms with Crippen LogP contribution in [-0.2, 0) is 10.0 Å². The smallest absolute Gasteiger partial charge is 0.243 e. The van der Waals surface area contributed by atoms with Crippen molar-refractivity contribution in [3.63, 3.8) is 0 Å². The zero-order chi connectivity index (χ0) is 15.7. The van der Waals surface area contributed by atoms with E-state index in [1.165, 1.54) is 18.5 Å². The van der Waals surface area contributed by atoms with Gasteiger partial charge in [0.25, 0.3) is 0 Å². The standard InChI is InChI=1S/C17H26N2O2S/c1-3-14(2)15-6-8-17(9-7-15)22(20,21)19-12-11-18-10-4-5-16(18)13-19/h6-9,14,16H,3-5,10-13H2,1-2H3/p+1/t14-,16+/m0/s1. The van der Waals surface area contributed by atoms with Crippen LogP contribution in [0.3, 0.4) is 0 Å². The van der Waals surface area contributed by atoms with E-state index in [4.69, 9.17) is 0 Å². The molecule has 0 aromatic heterocycles. The van der Waals surface area contributed by atoms with Gasteiger partial charge < -0.3 is 4.90 Å². The summed E-state index contributed by atoms with van der Waals surface area (Å²) in [4.78, 5) is 2.04. The van der Waals surface area contributed by atoms with E-state index in [2.05, 4.69) is 13.8 Å². The molecule has 2 aliphatic rings. The molecule has 4 nitrogen and oxygen atoms in total. The van der Waals surface area contributed by atoms with E-state index in [1.807, 2.05) is 12.1 Å². The summed E-state index contributed by atoms with van der Waals surface area (Å²) < 4.78 is 27.4. The number of quaternary nitrogens is 1. The molecule has 0 spiro atoms. The maximum atomic E-state index is 12.8. The van der Waals surface area contributed by atoms with Gasteiger partial charge in [0.15, 0.2) is 0 Å². The first-order chi connectivity index (χ1) is 10.5. The number of piperazine rings is 1. The van der Waals surface area contributed by atoms with E-state index in [1.54, 1.807) is 21.3 Å². The van der Waals surface area contributed by atoms with Crippen molar-refractivity contribution in [2.24, 2.45) is 0 Å². The highest BCUT2D eigenvalue weighted by Crippen LogP contribution is 2.23. The number of rotatable bonds is 4. The molecule has 3 rings (SSSR count). The van der Waals surface area contributed by atoms with Gasteiger partial charge in [-0.3, -0.25) is 0 Å². The third-order valence-electron chi connectivity index (χ3n) is 5.43. The topological polar surface area (TPSA) is 41.8 Å². The molecule has 1 N–H and O–H groups in total. The summed E-state index contributed by atoms with van der Waals surface area (Å²) in [5, 5.41) is 0. The Morgan fingerprint density at radius 2 is 2.00 bits per heavy atom. The van der Waals surface area contributed by atoms with Crippen molar-refractivity contribution >= 4 is 10.0 Å². The molecule has 1 unspecified atom stereocenters. The van der Waals surface area contributed by atoms with Crippen LogP contribution in [0.4, 0.5) is 0 Å². The maximum absolute atomic E-state index is 12.8. The lowest BCUT2D eigenvalue weighted by Gasteiger charge is -2.34. The Labute approximate surface area is 134 Å². The molecule has 22 heavy (non-hydrogen) atoms. The predicted molar refractivity (Wildman–Crippen MR) is 87.6 cm³/mol. The average Bonchev–Trinajstić information content (AvgIpc) is 3.01. The number of fused-ring (bicyclic) bond motifs is 1. The number of nitrogens with one attached hydrogen (secondary N) is 1. The molecule has 2 saturated heterocycles. The van der Waals surface area contributed by atoms with Crippen LogP contribution < -0.4 is 4.90 Å². The summed E-state index contributed by atoms with van der Waals surface area (Å²) in [5.41, 5.74) is 1.21. The fourth-order valence-electron chi connectivity index (χ4n) is 3.71. The largest absolute Gasteiger partial charge is 0.330 e. The zero-order valence-corrected chi connectivity index (χ0v) is 14.4. The highest BCUT2D eigenvalue weighted by molar-refractivity contribution is 7.89. The molecule has 1 aromatic carbocycles. The van der Waals surface area contributed by atoms with E-state index in [9.17, 15) is 8.42 Å². The summed E-state index contributed by atoms with van der Waals surface area (Å²) >= 11 is 0. The van der Waals surface area contributed by atoms with Gasteiger partial charge in [0.05, 0.1) is 31.1 Å². The minimum absolute atomic E-state index is 0.445. The van der Waals surface area contributed by atoms with Crippen molar-refractivity contribution in [1.82, 2.24) is 4.31 Å². The molecule has 0 radical (unpaired) electrons. The Bertz CT molecular complexity index is 612. The van der Waals surface area contributed by atoms with Gasteiger partial charge >= 0.3 is 0 Å². The van der Waals surface area contributed by atoms with Crippen molar-refractivity contribution in [3.05, 3.63) is 29.8 Å². The minimum atomic E-state index is -3.33. The Balaban J connectivity index is 1.77. The van der Waals surface area contributed by atoms with Gasteiger partial charge in [0.1, 0.15) is 6.04 Å². The quantitative estimate of drug-likeness (QED) is 0.906. The molecule has 3 atom stereocenters. The number of nitrogens with zero attached hydrogens (tertiary/aromatic N) is 1. The molecule has 0 saturated carbocycles. The van der Waals surface area contributed by atoms with Crippen LogP contribution in [0, 0.1) is 0 Å². The number of sulfonamides is 1. The van der Waals surface area contributed by atoms with Crippen LogP contribution in [0.1, 0.15) is 44.6 Å². The molecule has 1 aromatic rings. The summed E-state index contributed by atoms with van der Waals surface area (Å²) in [6.45, 7) is 7.83. The zero-order valence-electron chi connectivity index (χ0n) is 13.6. The van der Waals surface area contributed by atoms with Crippen molar-refractivity contribution in [2.75, 3.05) is 26.2 Å². The molecule has 122 valence electrons. The molecule has 2 fully saturated rings. The number of benzene rings is 1. The first-order valence-electron chi connectivity index (χ1n) is 8.47. The van der Waals surface area contributed by atoms with Crippen LogP contribution >= 0.6 is 0 Å². The maximum Gasteiger partial charge on any atom is 0.243 e. The molecule has 0 amide bonds. The second kappa shape index (κ2) is 6.30. The van der Waals surface area contributed by atoms with Crippen LogP contribution in [0.25, 0.3) is 0 Å². The fourth-order valence-corrected chi connectivity index (χ4v) is 5.20. The number of hydrogen-bond donors (Lipinski definition) is 1. The van der Waals surface area contributed by atoms with Gasteiger partial charge in [0.2, 0.25) is 10.0 Å². The highest BCUT2D eigenvalue weighted by atomic mass is 32.2. The summed E-state index contributed by atoms with van der Waals surface area (Å²) in [7, 11) is -3.33. The second-order valence-electron chi connectivity index (χ2n) is 6.74. The lowest BCUT2D eigenvalue weighted by atomic mass is 9.99. The van der Waals surface area contributed by atoms with E-state index in [0.717, 1.165) is 19.4 Å². The Morgan fingerprint density at radius 3 is 2.68 bits per heavy atom. The summed E-state index contributed by atoms with van der Waals surface area (Å²) in [6, 6.07) is 8.01. The minimum Gasteiger partial charge on any atom is -0.330 e. The predicted octanol–water partition coefficient (Wildman–Crippen LogP) is 1.25. The van der Waals surface area contributed by atoms with Crippen LogP contribution in [0.2, 0.25) is 0 Å². The molecule has 0 aliphatic carbocycles. The van der Waals surface area contributed by atoms with E-state index < -0.39 is 10.0 Å². The third-order valence-corrected chi connectivity index (χ3v) is 7.31. The molecular formula is C17H27N2O2S+. The first kappa shape index (κ1) is 16.0.